The molecule has 0 saturated carbocycles. The Bertz CT molecular complexity index is 1200. The van der Waals surface area contributed by atoms with E-state index in [4.69, 9.17) is 4.84 Å². The third-order valence-corrected chi connectivity index (χ3v) is 5.66. The minimum Gasteiger partial charge on any atom is -0.273 e. The average molecular weight is 433 g/mol. The first-order valence-electron chi connectivity index (χ1n) is 9.84. The van der Waals surface area contributed by atoms with E-state index < -0.39 is 40.6 Å². The number of hydroxylamine groups is 1. The highest BCUT2D eigenvalue weighted by molar-refractivity contribution is 6.23. The lowest BCUT2D eigenvalue weighted by Crippen LogP contribution is -2.37. The lowest BCUT2D eigenvalue weighted by atomic mass is 9.90. The number of anilines is 2. The first kappa shape index (κ1) is 19.8. The minimum absolute atomic E-state index is 0.149. The van der Waals surface area contributed by atoms with Crippen molar-refractivity contribution >= 4 is 28.9 Å². The van der Waals surface area contributed by atoms with Crippen LogP contribution in [0.3, 0.4) is 0 Å². The topological polar surface area (TPSA) is 93.0 Å². The molecule has 0 unspecified atom stereocenters. The molecule has 9 heteroatoms. The number of amides is 2. The van der Waals surface area contributed by atoms with Crippen LogP contribution >= 0.6 is 0 Å². The van der Waals surface area contributed by atoms with E-state index in [0.29, 0.717) is 11.3 Å². The van der Waals surface area contributed by atoms with Crippen molar-refractivity contribution in [3.8, 4) is 0 Å². The maximum absolute atomic E-state index is 13.6. The smallest absolute Gasteiger partial charge is 0.269 e. The number of benzene rings is 3. The Kier molecular flexibility index (Phi) is 4.67. The predicted octanol–water partition coefficient (Wildman–Crippen LogP) is 3.79. The van der Waals surface area contributed by atoms with E-state index in [2.05, 4.69) is 0 Å². The fourth-order valence-electron chi connectivity index (χ4n) is 4.19. The van der Waals surface area contributed by atoms with Gasteiger partial charge in [-0.05, 0) is 42.0 Å². The monoisotopic (exact) mass is 433 g/mol. The van der Waals surface area contributed by atoms with E-state index in [1.165, 1.54) is 41.5 Å². The van der Waals surface area contributed by atoms with Crippen LogP contribution in [0.2, 0.25) is 0 Å². The molecule has 0 aliphatic carbocycles. The predicted molar refractivity (Wildman–Crippen MR) is 112 cm³/mol. The number of carbonyl (C=O) groups excluding carboxylic acids is 2. The number of nitro groups is 1. The number of halogens is 1. The molecule has 2 amide bonds. The second-order valence-electron chi connectivity index (χ2n) is 7.49. The standard InChI is InChI=1S/C23H16FN3O5/c24-15-8-6-14(7-9-15)20-19-21(32-26(20)17-4-2-1-3-5-17)23(29)25(22(19)28)16-10-12-18(13-11-16)27(30)31/h1-13,19-21H/t19-,20-,21-/m1/s1. The Morgan fingerprint density at radius 1 is 0.844 bits per heavy atom. The van der Waals surface area contributed by atoms with Crippen LogP contribution in [0, 0.1) is 21.8 Å². The van der Waals surface area contributed by atoms with E-state index >= 15 is 0 Å². The molecule has 2 saturated heterocycles. The number of rotatable bonds is 4. The van der Waals surface area contributed by atoms with Gasteiger partial charge in [0.15, 0.2) is 6.10 Å². The van der Waals surface area contributed by atoms with Crippen molar-refractivity contribution in [2.45, 2.75) is 12.1 Å². The van der Waals surface area contributed by atoms with Crippen LogP contribution in [0.5, 0.6) is 0 Å². The summed E-state index contributed by atoms with van der Waals surface area (Å²) in [4.78, 5) is 44.0. The summed E-state index contributed by atoms with van der Waals surface area (Å²) in [6.07, 6.45) is -1.08. The number of carbonyl (C=O) groups is 2. The SMILES string of the molecule is O=C1[C@@H]2[C@@H](c3ccc(F)cc3)N(c3ccccc3)O[C@H]2C(=O)N1c1ccc([N+](=O)[O-])cc1. The van der Waals surface area contributed by atoms with Crippen LogP contribution < -0.4 is 9.96 Å². The molecular weight excluding hydrogens is 417 g/mol. The Morgan fingerprint density at radius 2 is 1.50 bits per heavy atom. The lowest BCUT2D eigenvalue weighted by Gasteiger charge is -2.28. The van der Waals surface area contributed by atoms with E-state index in [1.54, 1.807) is 36.4 Å². The van der Waals surface area contributed by atoms with Gasteiger partial charge in [-0.15, -0.1) is 0 Å². The maximum Gasteiger partial charge on any atom is 0.269 e. The highest BCUT2D eigenvalue weighted by Crippen LogP contribution is 2.47. The molecule has 2 fully saturated rings. The number of non-ortho nitro benzene ring substituents is 1. The molecule has 160 valence electrons. The zero-order valence-electron chi connectivity index (χ0n) is 16.5. The molecule has 2 aliphatic rings. The fraction of sp³-hybridized carbons (Fsp3) is 0.130. The Labute approximate surface area is 181 Å². The number of fused-ring (bicyclic) bond motifs is 1. The highest BCUT2D eigenvalue weighted by Gasteiger charge is 2.60. The van der Waals surface area contributed by atoms with Gasteiger partial charge in [0.1, 0.15) is 11.7 Å². The summed E-state index contributed by atoms with van der Waals surface area (Å²) in [6, 6.07) is 19.3. The van der Waals surface area contributed by atoms with E-state index in [9.17, 15) is 24.1 Å². The zero-order valence-corrected chi connectivity index (χ0v) is 16.5. The largest absolute Gasteiger partial charge is 0.273 e. The maximum atomic E-state index is 13.6. The van der Waals surface area contributed by atoms with Gasteiger partial charge in [0.2, 0.25) is 5.91 Å². The summed E-state index contributed by atoms with van der Waals surface area (Å²) in [6.45, 7) is 0. The van der Waals surface area contributed by atoms with E-state index in [0.717, 1.165) is 4.90 Å². The third-order valence-electron chi connectivity index (χ3n) is 5.66. The number of hydrogen-bond acceptors (Lipinski definition) is 6. The van der Waals surface area contributed by atoms with Crippen molar-refractivity contribution in [1.29, 1.82) is 0 Å². The molecule has 3 aromatic carbocycles. The van der Waals surface area contributed by atoms with Gasteiger partial charge in [-0.25, -0.2) is 14.4 Å². The van der Waals surface area contributed by atoms with Crippen molar-refractivity contribution in [3.05, 3.63) is 100 Å². The normalized spacial score (nSPS) is 22.3. The summed E-state index contributed by atoms with van der Waals surface area (Å²) in [7, 11) is 0. The van der Waals surface area contributed by atoms with Gasteiger partial charge in [-0.1, -0.05) is 30.3 Å². The van der Waals surface area contributed by atoms with Crippen LogP contribution in [-0.4, -0.2) is 22.8 Å². The summed E-state index contributed by atoms with van der Waals surface area (Å²) in [5, 5.41) is 12.4. The quantitative estimate of drug-likeness (QED) is 0.353. The lowest BCUT2D eigenvalue weighted by molar-refractivity contribution is -0.384. The van der Waals surface area contributed by atoms with Crippen molar-refractivity contribution < 1.29 is 23.7 Å². The van der Waals surface area contributed by atoms with Crippen molar-refractivity contribution in [1.82, 2.24) is 0 Å². The van der Waals surface area contributed by atoms with Crippen molar-refractivity contribution in [2.24, 2.45) is 5.92 Å². The minimum atomic E-state index is -1.08. The molecule has 0 aromatic heterocycles. The number of nitro benzene ring substituents is 1. The fourth-order valence-corrected chi connectivity index (χ4v) is 4.19. The van der Waals surface area contributed by atoms with Gasteiger partial charge in [0.05, 0.1) is 22.3 Å². The van der Waals surface area contributed by atoms with Gasteiger partial charge in [0.25, 0.3) is 11.6 Å². The highest BCUT2D eigenvalue weighted by atomic mass is 19.1. The first-order valence-corrected chi connectivity index (χ1v) is 9.84. The molecule has 0 N–H and O–H groups in total. The molecule has 0 spiro atoms. The first-order chi connectivity index (χ1) is 15.5. The third kappa shape index (κ3) is 3.10. The molecule has 5 rings (SSSR count). The van der Waals surface area contributed by atoms with Crippen LogP contribution in [0.15, 0.2) is 78.9 Å². The second kappa shape index (κ2) is 7.54. The summed E-state index contributed by atoms with van der Waals surface area (Å²) >= 11 is 0. The van der Waals surface area contributed by atoms with Crippen LogP contribution in [0.4, 0.5) is 21.5 Å². The number of para-hydroxylation sites is 1. The molecule has 2 heterocycles. The molecule has 3 aromatic rings. The molecule has 3 atom stereocenters. The van der Waals surface area contributed by atoms with E-state index in [-0.39, 0.29) is 11.4 Å². The molecule has 8 nitrogen and oxygen atoms in total. The Hall–Kier alpha value is -4.11. The van der Waals surface area contributed by atoms with Gasteiger partial charge in [-0.2, -0.15) is 0 Å². The zero-order chi connectivity index (χ0) is 22.4. The van der Waals surface area contributed by atoms with Crippen LogP contribution in [0.25, 0.3) is 0 Å². The van der Waals surface area contributed by atoms with Gasteiger partial charge < -0.3 is 0 Å². The second-order valence-corrected chi connectivity index (χ2v) is 7.49. The van der Waals surface area contributed by atoms with E-state index in [1.807, 2.05) is 6.07 Å². The van der Waals surface area contributed by atoms with Gasteiger partial charge in [-0.3, -0.25) is 24.5 Å². The van der Waals surface area contributed by atoms with Gasteiger partial charge >= 0.3 is 0 Å². The molecule has 2 aliphatic heterocycles. The van der Waals surface area contributed by atoms with Gasteiger partial charge in [0, 0.05) is 12.1 Å². The van der Waals surface area contributed by atoms with Crippen LogP contribution in [-0.2, 0) is 14.4 Å². The molecule has 32 heavy (non-hydrogen) atoms. The van der Waals surface area contributed by atoms with Crippen molar-refractivity contribution in [2.75, 3.05) is 9.96 Å². The molecule has 0 radical (unpaired) electrons. The Morgan fingerprint density at radius 3 is 2.12 bits per heavy atom. The summed E-state index contributed by atoms with van der Waals surface area (Å²) in [5.74, 6) is -2.33. The number of imide groups is 1. The molecular formula is C23H16FN3O5. The summed E-state index contributed by atoms with van der Waals surface area (Å²) in [5.41, 5.74) is 1.35. The Balaban J connectivity index is 1.55. The number of hydrogen-bond donors (Lipinski definition) is 0. The number of nitrogens with zero attached hydrogens (tertiary/aromatic N) is 3. The summed E-state index contributed by atoms with van der Waals surface area (Å²) < 4.78 is 13.6. The molecule has 0 bridgehead atoms. The van der Waals surface area contributed by atoms with Crippen LogP contribution in [0.1, 0.15) is 11.6 Å². The van der Waals surface area contributed by atoms with Crippen molar-refractivity contribution in [3.63, 3.8) is 0 Å². The average Bonchev–Trinajstić information content (AvgIpc) is 3.31.